The van der Waals surface area contributed by atoms with Crippen LogP contribution >= 0.6 is 0 Å². The molecule has 1 aliphatic rings. The lowest BCUT2D eigenvalue weighted by atomic mass is 9.98. The molecule has 0 aromatic rings. The molecule has 8 nitrogen and oxygen atoms in total. The van der Waals surface area contributed by atoms with Gasteiger partial charge in [0, 0.05) is 13.1 Å². The minimum atomic E-state index is -0.572. The average Bonchev–Trinajstić information content (AvgIpc) is 2.53. The maximum Gasteiger partial charge on any atom is 0.410 e. The van der Waals surface area contributed by atoms with Crippen LogP contribution < -0.4 is 5.32 Å². The van der Waals surface area contributed by atoms with Crippen molar-refractivity contribution in [2.45, 2.75) is 78.0 Å². The Morgan fingerprint density at radius 2 is 1.92 bits per heavy atom. The molecule has 0 bridgehead atoms. The van der Waals surface area contributed by atoms with Gasteiger partial charge in [-0.15, -0.1) is 0 Å². The van der Waals surface area contributed by atoms with E-state index in [0.29, 0.717) is 6.54 Å². The molecule has 1 fully saturated rings. The summed E-state index contributed by atoms with van der Waals surface area (Å²) >= 11 is 0. The number of nitrogens with zero attached hydrogens (tertiary/aromatic N) is 1. The fourth-order valence-electron chi connectivity index (χ4n) is 2.79. The molecular formula is C18H32N2O6. The number of amides is 2. The molecular weight excluding hydrogens is 340 g/mol. The van der Waals surface area contributed by atoms with Crippen molar-refractivity contribution in [1.82, 2.24) is 10.2 Å². The minimum Gasteiger partial charge on any atom is -0.460 e. The van der Waals surface area contributed by atoms with Gasteiger partial charge in [0.25, 0.3) is 0 Å². The number of carbonyl (C=O) groups is 3. The van der Waals surface area contributed by atoms with Crippen LogP contribution in [0.1, 0.15) is 60.3 Å². The number of likely N-dealkylation sites (tertiary alicyclic amines) is 1. The van der Waals surface area contributed by atoms with E-state index in [9.17, 15) is 14.4 Å². The Morgan fingerprint density at radius 1 is 1.23 bits per heavy atom. The van der Waals surface area contributed by atoms with Crippen LogP contribution in [0.5, 0.6) is 0 Å². The number of rotatable bonds is 6. The number of carbonyl (C=O) groups excluding carboxylic acids is 3. The molecule has 0 aliphatic carbocycles. The first-order valence-electron chi connectivity index (χ1n) is 9.23. The molecule has 8 heteroatoms. The normalized spacial score (nSPS) is 18.7. The number of ether oxygens (including phenoxy) is 3. The second kappa shape index (κ2) is 10.2. The molecule has 150 valence electrons. The van der Waals surface area contributed by atoms with E-state index in [-0.39, 0.29) is 31.7 Å². The van der Waals surface area contributed by atoms with Crippen LogP contribution in [-0.2, 0) is 19.0 Å². The summed E-state index contributed by atoms with van der Waals surface area (Å²) in [4.78, 5) is 37.3. The molecule has 0 aromatic heterocycles. The Labute approximate surface area is 155 Å². The number of esters is 1. The lowest BCUT2D eigenvalue weighted by Crippen LogP contribution is -2.51. The van der Waals surface area contributed by atoms with E-state index in [4.69, 9.17) is 14.2 Å². The predicted octanol–water partition coefficient (Wildman–Crippen LogP) is 2.84. The Kier molecular flexibility index (Phi) is 8.68. The van der Waals surface area contributed by atoms with Gasteiger partial charge in [-0.05, 0) is 53.9 Å². The summed E-state index contributed by atoms with van der Waals surface area (Å²) in [5.41, 5.74) is -0.572. The van der Waals surface area contributed by atoms with E-state index in [2.05, 4.69) is 5.32 Å². The van der Waals surface area contributed by atoms with Crippen LogP contribution in [-0.4, -0.2) is 60.5 Å². The van der Waals surface area contributed by atoms with Crippen molar-refractivity contribution in [3.8, 4) is 0 Å². The molecule has 0 saturated carbocycles. The fraction of sp³-hybridized carbons (Fsp3) is 0.833. The first-order valence-corrected chi connectivity index (χ1v) is 9.23. The first-order chi connectivity index (χ1) is 12.1. The van der Waals surface area contributed by atoms with Crippen molar-refractivity contribution >= 4 is 18.2 Å². The second-order valence-corrected chi connectivity index (χ2v) is 7.33. The Morgan fingerprint density at radius 3 is 2.54 bits per heavy atom. The lowest BCUT2D eigenvalue weighted by Gasteiger charge is -2.39. The van der Waals surface area contributed by atoms with Crippen LogP contribution in [0.15, 0.2) is 0 Å². The number of hydrogen-bond acceptors (Lipinski definition) is 6. The van der Waals surface area contributed by atoms with Gasteiger partial charge in [0.1, 0.15) is 11.7 Å². The molecule has 1 heterocycles. The summed E-state index contributed by atoms with van der Waals surface area (Å²) in [6.07, 6.45) is 1.29. The number of alkyl carbamates (subject to hydrolysis) is 1. The molecule has 2 amide bonds. The zero-order valence-electron chi connectivity index (χ0n) is 16.5. The topological polar surface area (TPSA) is 94.2 Å². The summed E-state index contributed by atoms with van der Waals surface area (Å²) in [5.74, 6) is -0.427. The highest BCUT2D eigenvalue weighted by atomic mass is 16.6. The monoisotopic (exact) mass is 372 g/mol. The zero-order chi connectivity index (χ0) is 19.7. The molecule has 1 saturated heterocycles. The largest absolute Gasteiger partial charge is 0.460 e. The van der Waals surface area contributed by atoms with E-state index >= 15 is 0 Å². The van der Waals surface area contributed by atoms with E-state index in [1.165, 1.54) is 0 Å². The van der Waals surface area contributed by atoms with Gasteiger partial charge in [0.05, 0.1) is 19.1 Å². The van der Waals surface area contributed by atoms with Gasteiger partial charge in [-0.3, -0.25) is 4.79 Å². The summed E-state index contributed by atoms with van der Waals surface area (Å²) < 4.78 is 15.6. The maximum absolute atomic E-state index is 12.4. The Hall–Kier alpha value is -1.99. The van der Waals surface area contributed by atoms with E-state index in [1.807, 2.05) is 20.8 Å². The Balaban J connectivity index is 2.51. The highest BCUT2D eigenvalue weighted by Crippen LogP contribution is 2.24. The van der Waals surface area contributed by atoms with Gasteiger partial charge in [-0.25, -0.2) is 9.59 Å². The summed E-state index contributed by atoms with van der Waals surface area (Å²) in [5, 5.41) is 2.47. The maximum atomic E-state index is 12.4. The minimum absolute atomic E-state index is 0.0440. The molecule has 1 aliphatic heterocycles. The number of nitrogens with one attached hydrogen (secondary N) is 1. The van der Waals surface area contributed by atoms with Gasteiger partial charge in [-0.1, -0.05) is 0 Å². The van der Waals surface area contributed by atoms with Crippen molar-refractivity contribution in [1.29, 1.82) is 0 Å². The molecule has 1 N–H and O–H groups in total. The molecule has 1 rings (SSSR count). The molecule has 0 radical (unpaired) electrons. The quantitative estimate of drug-likeness (QED) is 0.569. The fourth-order valence-corrected chi connectivity index (χ4v) is 2.79. The van der Waals surface area contributed by atoms with E-state index < -0.39 is 23.8 Å². The van der Waals surface area contributed by atoms with Gasteiger partial charge in [-0.2, -0.15) is 0 Å². The summed E-state index contributed by atoms with van der Waals surface area (Å²) in [6, 6.07) is -0.208. The third kappa shape index (κ3) is 7.93. The van der Waals surface area contributed by atoms with Gasteiger partial charge < -0.3 is 24.4 Å². The highest BCUT2D eigenvalue weighted by molar-refractivity contribution is 5.72. The predicted molar refractivity (Wildman–Crippen MR) is 95.8 cm³/mol. The van der Waals surface area contributed by atoms with Crippen molar-refractivity contribution < 1.29 is 28.6 Å². The van der Waals surface area contributed by atoms with Gasteiger partial charge >= 0.3 is 18.2 Å². The van der Waals surface area contributed by atoms with Crippen LogP contribution in [0.25, 0.3) is 0 Å². The van der Waals surface area contributed by atoms with E-state index in [1.54, 1.807) is 18.7 Å². The van der Waals surface area contributed by atoms with Gasteiger partial charge in [0.15, 0.2) is 0 Å². The van der Waals surface area contributed by atoms with Crippen LogP contribution in [0.3, 0.4) is 0 Å². The number of piperidine rings is 1. The zero-order valence-corrected chi connectivity index (χ0v) is 16.5. The second-order valence-electron chi connectivity index (χ2n) is 7.33. The SMILES string of the molecule is CCOC(=O)NCCC(=O)O[C@@H](C)[C@H]1CCCCN1C(=O)OC(C)(C)C. The number of hydrogen-bond donors (Lipinski definition) is 1. The highest BCUT2D eigenvalue weighted by Gasteiger charge is 2.35. The van der Waals surface area contributed by atoms with Crippen LogP contribution in [0.2, 0.25) is 0 Å². The average molecular weight is 372 g/mol. The molecule has 0 spiro atoms. The lowest BCUT2D eigenvalue weighted by molar-refractivity contribution is -0.152. The van der Waals surface area contributed by atoms with Crippen molar-refractivity contribution in [2.75, 3.05) is 19.7 Å². The summed E-state index contributed by atoms with van der Waals surface area (Å²) in [7, 11) is 0. The van der Waals surface area contributed by atoms with Crippen molar-refractivity contribution in [2.24, 2.45) is 0 Å². The molecule has 0 aromatic carbocycles. The first kappa shape index (κ1) is 22.1. The van der Waals surface area contributed by atoms with Crippen molar-refractivity contribution in [3.63, 3.8) is 0 Å². The van der Waals surface area contributed by atoms with E-state index in [0.717, 1.165) is 19.3 Å². The van der Waals surface area contributed by atoms with Crippen molar-refractivity contribution in [3.05, 3.63) is 0 Å². The third-order valence-electron chi connectivity index (χ3n) is 3.91. The standard InChI is InChI=1S/C18H32N2O6/c1-6-24-16(22)19-11-10-15(21)25-13(2)14-9-7-8-12-20(14)17(23)26-18(3,4)5/h13-14H,6-12H2,1-5H3,(H,19,22)/t13-,14+/m0/s1. The third-order valence-corrected chi connectivity index (χ3v) is 3.91. The van der Waals surface area contributed by atoms with Gasteiger partial charge in [0.2, 0.25) is 0 Å². The molecule has 2 atom stereocenters. The molecule has 26 heavy (non-hydrogen) atoms. The van der Waals surface area contributed by atoms with Crippen LogP contribution in [0, 0.1) is 0 Å². The smallest absolute Gasteiger partial charge is 0.410 e. The summed E-state index contributed by atoms with van der Waals surface area (Å²) in [6.45, 7) is 9.96. The Bertz CT molecular complexity index is 489. The van der Waals surface area contributed by atoms with Crippen LogP contribution in [0.4, 0.5) is 9.59 Å². The molecule has 0 unspecified atom stereocenters.